The number of aryl methyl sites for hydroxylation is 1. The van der Waals surface area contributed by atoms with Gasteiger partial charge in [0, 0.05) is 16.3 Å². The van der Waals surface area contributed by atoms with Crippen LogP contribution in [0.1, 0.15) is 38.3 Å². The van der Waals surface area contributed by atoms with Crippen molar-refractivity contribution in [2.24, 2.45) is 5.11 Å². The third-order valence-electron chi connectivity index (χ3n) is 4.62. The molecular formula is C22H25N5O3. The molecule has 2 aromatic carbocycles. The maximum atomic E-state index is 13.1. The van der Waals surface area contributed by atoms with Crippen molar-refractivity contribution in [3.63, 3.8) is 0 Å². The summed E-state index contributed by atoms with van der Waals surface area (Å²) < 4.78 is 5.29. The van der Waals surface area contributed by atoms with E-state index >= 15 is 0 Å². The largest absolute Gasteiger partial charge is 0.444 e. The van der Waals surface area contributed by atoms with Gasteiger partial charge in [-0.05, 0) is 68.5 Å². The fourth-order valence-electron chi connectivity index (χ4n) is 3.38. The number of benzene rings is 2. The predicted octanol–water partition coefficient (Wildman–Crippen LogP) is 5.19. The number of azide groups is 1. The molecule has 0 fully saturated rings. The van der Waals surface area contributed by atoms with Crippen LogP contribution in [0.25, 0.3) is 10.4 Å². The Morgan fingerprint density at radius 1 is 1.27 bits per heavy atom. The van der Waals surface area contributed by atoms with Gasteiger partial charge < -0.3 is 9.64 Å². The average molecular weight is 407 g/mol. The highest BCUT2D eigenvalue weighted by atomic mass is 16.6. The van der Waals surface area contributed by atoms with Gasteiger partial charge in [0.2, 0.25) is 5.91 Å². The zero-order chi connectivity index (χ0) is 21.7. The first-order valence-corrected chi connectivity index (χ1v) is 9.79. The molecule has 8 nitrogen and oxygen atoms in total. The fraction of sp³-hybridized carbons (Fsp3) is 0.364. The van der Waals surface area contributed by atoms with E-state index in [1.165, 1.54) is 0 Å². The molecule has 0 radical (unpaired) electrons. The van der Waals surface area contributed by atoms with Crippen molar-refractivity contribution in [3.05, 3.63) is 70.1 Å². The molecule has 0 saturated carbocycles. The molecule has 30 heavy (non-hydrogen) atoms. The van der Waals surface area contributed by atoms with Crippen LogP contribution in [0.2, 0.25) is 0 Å². The Morgan fingerprint density at radius 2 is 2.03 bits per heavy atom. The van der Waals surface area contributed by atoms with E-state index < -0.39 is 17.7 Å². The molecule has 1 atom stereocenters. The number of rotatable bonds is 4. The van der Waals surface area contributed by atoms with Crippen molar-refractivity contribution in [1.82, 2.24) is 0 Å². The summed E-state index contributed by atoms with van der Waals surface area (Å²) >= 11 is 0. The maximum Gasteiger partial charge on any atom is 0.412 e. The van der Waals surface area contributed by atoms with Gasteiger partial charge >= 0.3 is 6.09 Å². The topological polar surface area (TPSA) is 107 Å². The molecule has 0 saturated heterocycles. The summed E-state index contributed by atoms with van der Waals surface area (Å²) in [5, 5.41) is 6.42. The van der Waals surface area contributed by atoms with Gasteiger partial charge in [-0.2, -0.15) is 0 Å². The molecule has 1 N–H and O–H groups in total. The first-order chi connectivity index (χ1) is 14.3. The summed E-state index contributed by atoms with van der Waals surface area (Å²) in [4.78, 5) is 29.6. The molecule has 1 heterocycles. The van der Waals surface area contributed by atoms with E-state index in [9.17, 15) is 9.59 Å². The van der Waals surface area contributed by atoms with Crippen LogP contribution in [-0.2, 0) is 22.5 Å². The summed E-state index contributed by atoms with van der Waals surface area (Å²) in [5.41, 5.74) is 11.5. The van der Waals surface area contributed by atoms with Gasteiger partial charge in [-0.25, -0.2) is 4.79 Å². The van der Waals surface area contributed by atoms with Gasteiger partial charge in [0.1, 0.15) is 11.6 Å². The van der Waals surface area contributed by atoms with E-state index in [4.69, 9.17) is 10.3 Å². The van der Waals surface area contributed by atoms with Gasteiger partial charge in [0.15, 0.2) is 0 Å². The van der Waals surface area contributed by atoms with E-state index in [-0.39, 0.29) is 12.5 Å². The van der Waals surface area contributed by atoms with E-state index in [1.807, 2.05) is 30.3 Å². The molecule has 1 unspecified atom stereocenters. The summed E-state index contributed by atoms with van der Waals surface area (Å²) in [6.07, 6.45) is 0.582. The van der Waals surface area contributed by atoms with Gasteiger partial charge in [0.25, 0.3) is 0 Å². The van der Waals surface area contributed by atoms with E-state index in [1.54, 1.807) is 43.9 Å². The lowest BCUT2D eigenvalue weighted by Crippen LogP contribution is -2.36. The molecule has 2 amide bonds. The van der Waals surface area contributed by atoms with Crippen LogP contribution < -0.4 is 10.2 Å². The molecule has 0 aromatic heterocycles. The number of para-hydroxylation sites is 1. The molecule has 3 rings (SSSR count). The number of hydrogen-bond acceptors (Lipinski definition) is 4. The normalized spacial score (nSPS) is 16.2. The Morgan fingerprint density at radius 3 is 2.77 bits per heavy atom. The lowest BCUT2D eigenvalue weighted by Gasteiger charge is -2.25. The van der Waals surface area contributed by atoms with Crippen molar-refractivity contribution < 1.29 is 14.3 Å². The molecule has 0 spiro atoms. The van der Waals surface area contributed by atoms with Crippen LogP contribution in [0, 0.1) is 0 Å². The average Bonchev–Trinajstić information content (AvgIpc) is 2.79. The molecule has 1 aliphatic heterocycles. The standard InChI is InChI=1S/C22H25N5O3/c1-22(2,3)30-21(29)24-17-9-6-7-15(13-17)14-27-19-10-5-4-8-16(19)11-12-18(20(27)28)25-26-23/h4-10,13,18H,11-12,14H2,1-3H3,(H,24,29). The summed E-state index contributed by atoms with van der Waals surface area (Å²) in [5.74, 6) is -0.233. The Hall–Kier alpha value is -3.51. The quantitative estimate of drug-likeness (QED) is 0.428. The van der Waals surface area contributed by atoms with Crippen LogP contribution in [0.15, 0.2) is 53.6 Å². The summed E-state index contributed by atoms with van der Waals surface area (Å²) in [7, 11) is 0. The summed E-state index contributed by atoms with van der Waals surface area (Å²) in [6.45, 7) is 5.68. The Labute approximate surface area is 175 Å². The molecule has 0 bridgehead atoms. The minimum atomic E-state index is -0.745. The number of carbonyl (C=O) groups excluding carboxylic acids is 2. The second kappa shape index (κ2) is 8.88. The van der Waals surface area contributed by atoms with Gasteiger partial charge in [-0.1, -0.05) is 35.4 Å². The number of carbonyl (C=O) groups is 2. The zero-order valence-corrected chi connectivity index (χ0v) is 17.3. The zero-order valence-electron chi connectivity index (χ0n) is 17.3. The van der Waals surface area contributed by atoms with Crippen molar-refractivity contribution in [1.29, 1.82) is 0 Å². The van der Waals surface area contributed by atoms with E-state index in [2.05, 4.69) is 15.3 Å². The molecule has 2 aromatic rings. The van der Waals surface area contributed by atoms with Gasteiger partial charge in [-0.15, -0.1) is 0 Å². The smallest absolute Gasteiger partial charge is 0.412 e. The second-order valence-corrected chi connectivity index (χ2v) is 8.14. The number of nitrogens with zero attached hydrogens (tertiary/aromatic N) is 4. The van der Waals surface area contributed by atoms with Gasteiger partial charge in [0.05, 0.1) is 6.54 Å². The number of ether oxygens (including phenoxy) is 1. The van der Waals surface area contributed by atoms with Crippen LogP contribution in [0.4, 0.5) is 16.2 Å². The Kier molecular flexibility index (Phi) is 6.28. The van der Waals surface area contributed by atoms with E-state index in [0.29, 0.717) is 18.5 Å². The Bertz CT molecular complexity index is 992. The van der Waals surface area contributed by atoms with Crippen LogP contribution in [0.5, 0.6) is 0 Å². The van der Waals surface area contributed by atoms with Crippen molar-refractivity contribution in [2.45, 2.75) is 51.8 Å². The van der Waals surface area contributed by atoms with Crippen LogP contribution in [0.3, 0.4) is 0 Å². The van der Waals surface area contributed by atoms with Crippen molar-refractivity contribution in [3.8, 4) is 0 Å². The fourth-order valence-corrected chi connectivity index (χ4v) is 3.38. The summed E-state index contributed by atoms with van der Waals surface area (Å²) in [6, 6.07) is 14.2. The number of nitrogens with one attached hydrogen (secondary N) is 1. The highest BCUT2D eigenvalue weighted by molar-refractivity contribution is 5.98. The lowest BCUT2D eigenvalue weighted by atomic mass is 10.1. The van der Waals surface area contributed by atoms with Crippen LogP contribution in [-0.4, -0.2) is 23.6 Å². The van der Waals surface area contributed by atoms with Crippen LogP contribution >= 0.6 is 0 Å². The number of hydrogen-bond donors (Lipinski definition) is 1. The van der Waals surface area contributed by atoms with Crippen molar-refractivity contribution >= 4 is 23.4 Å². The Balaban J connectivity index is 1.85. The first-order valence-electron chi connectivity index (χ1n) is 9.79. The number of anilines is 2. The van der Waals surface area contributed by atoms with E-state index in [0.717, 1.165) is 16.8 Å². The molecule has 8 heteroatoms. The predicted molar refractivity (Wildman–Crippen MR) is 115 cm³/mol. The SMILES string of the molecule is CC(C)(C)OC(=O)Nc1cccc(CN2C(=O)C(N=[N+]=[N-])CCc3ccccc32)c1. The second-order valence-electron chi connectivity index (χ2n) is 8.14. The minimum absolute atomic E-state index is 0.233. The third-order valence-corrected chi connectivity index (χ3v) is 4.62. The highest BCUT2D eigenvalue weighted by Gasteiger charge is 2.29. The lowest BCUT2D eigenvalue weighted by molar-refractivity contribution is -0.119. The maximum absolute atomic E-state index is 13.1. The number of amides is 2. The first kappa shape index (κ1) is 21.2. The molecular weight excluding hydrogens is 382 g/mol. The highest BCUT2D eigenvalue weighted by Crippen LogP contribution is 2.30. The third kappa shape index (κ3) is 5.30. The molecule has 156 valence electrons. The minimum Gasteiger partial charge on any atom is -0.444 e. The van der Waals surface area contributed by atoms with Crippen molar-refractivity contribution in [2.75, 3.05) is 10.2 Å². The van der Waals surface area contributed by atoms with Gasteiger partial charge in [-0.3, -0.25) is 10.1 Å². The number of fused-ring (bicyclic) bond motifs is 1. The molecule has 0 aliphatic carbocycles. The molecule has 1 aliphatic rings. The monoisotopic (exact) mass is 407 g/mol.